The number of carbonyl (C=O) groups excluding carboxylic acids is 1. The Hall–Kier alpha value is -3.17. The molecule has 3 aromatic rings. The highest BCUT2D eigenvalue weighted by atomic mass is 19.1. The maximum atomic E-state index is 14.9. The molecule has 5 rings (SSSR count). The normalized spacial score (nSPS) is 20.7. The second-order valence-corrected chi connectivity index (χ2v) is 10.3. The van der Waals surface area contributed by atoms with Crippen LogP contribution < -0.4 is 5.32 Å². The standard InChI is InChI=1S/C30H34F3N4O2/c1-2-28(38)37(18-22-15-34-16-26(22)33)29(21-10-12-39-13-11-21)30-35-27(24-14-23(31)8-9-25(24)32)19-36(30)17-20-6-4-3-5-7-20/h2-9,14,19,21-22,26,29,34H,10-13,15-18H2,1H3/t22-,26-,29+/m0/s1. The van der Waals surface area contributed by atoms with Crippen molar-refractivity contribution in [2.24, 2.45) is 11.8 Å². The van der Waals surface area contributed by atoms with Gasteiger partial charge in [-0.3, -0.25) is 4.79 Å². The molecular weight excluding hydrogens is 505 g/mol. The lowest BCUT2D eigenvalue weighted by Gasteiger charge is -2.39. The van der Waals surface area contributed by atoms with Crippen LogP contribution in [0.4, 0.5) is 13.2 Å². The van der Waals surface area contributed by atoms with Gasteiger partial charge in [0.05, 0.1) is 11.7 Å². The van der Waals surface area contributed by atoms with Gasteiger partial charge in [-0.05, 0) is 42.5 Å². The number of alkyl halides is 1. The van der Waals surface area contributed by atoms with E-state index >= 15 is 0 Å². The quantitative estimate of drug-likeness (QED) is 0.418. The van der Waals surface area contributed by atoms with Crippen LogP contribution in [0.1, 0.15) is 37.2 Å². The molecule has 0 bridgehead atoms. The van der Waals surface area contributed by atoms with E-state index in [9.17, 15) is 18.0 Å². The second-order valence-electron chi connectivity index (χ2n) is 10.3. The van der Waals surface area contributed by atoms with Crippen molar-refractivity contribution >= 4 is 5.91 Å². The van der Waals surface area contributed by atoms with Crippen LogP contribution in [0.2, 0.25) is 0 Å². The fourth-order valence-electron chi connectivity index (χ4n) is 5.67. The number of hydrogen-bond donors (Lipinski definition) is 1. The first kappa shape index (κ1) is 27.4. The molecule has 2 aliphatic heterocycles. The van der Waals surface area contributed by atoms with Crippen LogP contribution in [0.3, 0.4) is 0 Å². The van der Waals surface area contributed by atoms with E-state index in [4.69, 9.17) is 9.72 Å². The van der Waals surface area contributed by atoms with Gasteiger partial charge in [0.25, 0.3) is 0 Å². The first-order valence-electron chi connectivity index (χ1n) is 13.5. The van der Waals surface area contributed by atoms with Crippen molar-refractivity contribution in [3.8, 4) is 11.3 Å². The van der Waals surface area contributed by atoms with Crippen molar-refractivity contribution in [2.75, 3.05) is 32.8 Å². The van der Waals surface area contributed by atoms with Crippen LogP contribution in [0.5, 0.6) is 0 Å². The highest BCUT2D eigenvalue weighted by molar-refractivity contribution is 5.84. The lowest BCUT2D eigenvalue weighted by atomic mass is 9.88. The third-order valence-corrected chi connectivity index (χ3v) is 7.74. The number of carbonyl (C=O) groups is 1. The zero-order chi connectivity index (χ0) is 27.4. The van der Waals surface area contributed by atoms with Gasteiger partial charge in [0.2, 0.25) is 5.91 Å². The number of nitrogens with one attached hydrogen (secondary N) is 1. The van der Waals surface area contributed by atoms with Gasteiger partial charge in [-0.2, -0.15) is 0 Å². The zero-order valence-corrected chi connectivity index (χ0v) is 22.0. The van der Waals surface area contributed by atoms with Crippen molar-refractivity contribution in [1.29, 1.82) is 0 Å². The minimum Gasteiger partial charge on any atom is -0.381 e. The fraction of sp³-hybridized carbons (Fsp3) is 0.433. The Kier molecular flexibility index (Phi) is 8.67. The Labute approximate surface area is 227 Å². The van der Waals surface area contributed by atoms with Crippen molar-refractivity contribution in [2.45, 2.75) is 38.5 Å². The predicted molar refractivity (Wildman–Crippen MR) is 142 cm³/mol. The summed E-state index contributed by atoms with van der Waals surface area (Å²) in [6.07, 6.45) is 3.55. The van der Waals surface area contributed by atoms with E-state index in [1.165, 1.54) is 6.42 Å². The molecule has 1 N–H and O–H groups in total. The van der Waals surface area contributed by atoms with Gasteiger partial charge in [-0.15, -0.1) is 0 Å². The number of halogens is 3. The van der Waals surface area contributed by atoms with E-state index in [0.717, 1.165) is 23.8 Å². The molecule has 1 aromatic heterocycles. The average molecular weight is 540 g/mol. The molecule has 207 valence electrons. The van der Waals surface area contributed by atoms with E-state index in [1.807, 2.05) is 34.9 Å². The third-order valence-electron chi connectivity index (χ3n) is 7.74. The number of amides is 1. The number of imidazole rings is 1. The molecule has 1 radical (unpaired) electrons. The molecule has 2 aromatic carbocycles. The van der Waals surface area contributed by atoms with Gasteiger partial charge in [0.1, 0.15) is 23.6 Å². The van der Waals surface area contributed by atoms with E-state index < -0.39 is 23.8 Å². The smallest absolute Gasteiger partial charge is 0.226 e. The maximum Gasteiger partial charge on any atom is 0.226 e. The minimum atomic E-state index is -1.06. The van der Waals surface area contributed by atoms with Crippen molar-refractivity contribution in [3.63, 3.8) is 0 Å². The van der Waals surface area contributed by atoms with E-state index in [1.54, 1.807) is 18.0 Å². The summed E-state index contributed by atoms with van der Waals surface area (Å²) in [6, 6.07) is 12.6. The molecule has 0 saturated carbocycles. The molecular formula is C30H34F3N4O2. The largest absolute Gasteiger partial charge is 0.381 e. The lowest BCUT2D eigenvalue weighted by molar-refractivity contribution is -0.133. The van der Waals surface area contributed by atoms with E-state index in [0.29, 0.717) is 45.0 Å². The Morgan fingerprint density at radius 2 is 1.95 bits per heavy atom. The molecule has 0 unspecified atom stereocenters. The molecule has 0 spiro atoms. The van der Waals surface area contributed by atoms with Crippen molar-refractivity contribution in [1.82, 2.24) is 19.8 Å². The first-order chi connectivity index (χ1) is 18.9. The van der Waals surface area contributed by atoms with Crippen LogP contribution in [0.25, 0.3) is 11.3 Å². The molecule has 0 aliphatic carbocycles. The summed E-state index contributed by atoms with van der Waals surface area (Å²) >= 11 is 0. The molecule has 2 saturated heterocycles. The van der Waals surface area contributed by atoms with Crippen LogP contribution in [-0.4, -0.2) is 59.4 Å². The monoisotopic (exact) mass is 539 g/mol. The van der Waals surface area contributed by atoms with Gasteiger partial charge < -0.3 is 19.5 Å². The Bertz CT molecular complexity index is 1260. The number of nitrogens with zero attached hydrogens (tertiary/aromatic N) is 3. The molecule has 2 fully saturated rings. The maximum absolute atomic E-state index is 14.9. The number of benzene rings is 2. The fourth-order valence-corrected chi connectivity index (χ4v) is 5.67. The van der Waals surface area contributed by atoms with Crippen LogP contribution in [-0.2, 0) is 16.1 Å². The Morgan fingerprint density at radius 3 is 2.64 bits per heavy atom. The van der Waals surface area contributed by atoms with Gasteiger partial charge in [-0.25, -0.2) is 18.2 Å². The number of aromatic nitrogens is 2. The zero-order valence-electron chi connectivity index (χ0n) is 22.0. The Morgan fingerprint density at radius 1 is 1.18 bits per heavy atom. The number of ether oxygens (including phenoxy) is 1. The van der Waals surface area contributed by atoms with Gasteiger partial charge in [0, 0.05) is 63.5 Å². The van der Waals surface area contributed by atoms with Crippen LogP contribution in [0.15, 0.2) is 54.7 Å². The topological polar surface area (TPSA) is 59.4 Å². The summed E-state index contributed by atoms with van der Waals surface area (Å²) in [6.45, 7) is 4.15. The summed E-state index contributed by atoms with van der Waals surface area (Å²) in [5, 5.41) is 3.08. The number of rotatable bonds is 9. The average Bonchev–Trinajstić information content (AvgIpc) is 3.56. The summed E-state index contributed by atoms with van der Waals surface area (Å²) < 4.78 is 51.4. The Balaban J connectivity index is 1.64. The minimum absolute atomic E-state index is 0.00259. The summed E-state index contributed by atoms with van der Waals surface area (Å²) in [7, 11) is 0. The number of hydrogen-bond acceptors (Lipinski definition) is 4. The van der Waals surface area contributed by atoms with E-state index in [-0.39, 0.29) is 42.1 Å². The van der Waals surface area contributed by atoms with Gasteiger partial charge in [-0.1, -0.05) is 37.3 Å². The van der Waals surface area contributed by atoms with Crippen molar-refractivity contribution < 1.29 is 22.7 Å². The highest BCUT2D eigenvalue weighted by Crippen LogP contribution is 2.38. The summed E-state index contributed by atoms with van der Waals surface area (Å²) in [5.74, 6) is -1.14. The third kappa shape index (κ3) is 6.20. The predicted octanol–water partition coefficient (Wildman–Crippen LogP) is 4.95. The van der Waals surface area contributed by atoms with E-state index in [2.05, 4.69) is 5.32 Å². The highest BCUT2D eigenvalue weighted by Gasteiger charge is 2.39. The molecule has 39 heavy (non-hydrogen) atoms. The van der Waals surface area contributed by atoms with Gasteiger partial charge in [0.15, 0.2) is 0 Å². The SMILES string of the molecule is C[CH]C(=O)N(C[C@@H]1CNC[C@@H]1F)[C@@H](c1nc(-c2cc(F)ccc2F)cn1Cc1ccccc1)C1CCOCC1. The van der Waals surface area contributed by atoms with Crippen LogP contribution >= 0.6 is 0 Å². The van der Waals surface area contributed by atoms with Crippen molar-refractivity contribution in [3.05, 3.63) is 84.2 Å². The molecule has 3 atom stereocenters. The summed E-state index contributed by atoms with van der Waals surface area (Å²) in [5.41, 5.74) is 1.34. The van der Waals surface area contributed by atoms with Gasteiger partial charge >= 0.3 is 0 Å². The first-order valence-corrected chi connectivity index (χ1v) is 13.5. The lowest BCUT2D eigenvalue weighted by Crippen LogP contribution is -2.45. The molecule has 1 amide bonds. The summed E-state index contributed by atoms with van der Waals surface area (Å²) in [4.78, 5) is 20.1. The second kappa shape index (κ2) is 12.3. The molecule has 9 heteroatoms. The van der Waals surface area contributed by atoms with Crippen LogP contribution in [0, 0.1) is 29.9 Å². The molecule has 2 aliphatic rings. The molecule has 3 heterocycles. The molecule has 6 nitrogen and oxygen atoms in total.